The van der Waals surface area contributed by atoms with Crippen molar-refractivity contribution in [3.63, 3.8) is 0 Å². The number of amides is 2. The minimum absolute atomic E-state index is 0.0660. The van der Waals surface area contributed by atoms with Crippen molar-refractivity contribution in [2.45, 2.75) is 25.8 Å². The number of hydrogen-bond donors (Lipinski definition) is 3. The highest BCUT2D eigenvalue weighted by molar-refractivity contribution is 7.15. The second-order valence-electron chi connectivity index (χ2n) is 4.03. The number of nitrogens with zero attached hydrogens (tertiary/aromatic N) is 1. The summed E-state index contributed by atoms with van der Waals surface area (Å²) in [4.78, 5) is 27.4. The van der Waals surface area contributed by atoms with Crippen molar-refractivity contribution in [1.82, 2.24) is 10.3 Å². The fraction of sp³-hybridized carbons (Fsp3) is 0.500. The van der Waals surface area contributed by atoms with E-state index in [9.17, 15) is 9.59 Å². The number of thiazole rings is 1. The minimum atomic E-state index is -0.988. The van der Waals surface area contributed by atoms with Gasteiger partial charge in [0.15, 0.2) is 5.13 Å². The summed E-state index contributed by atoms with van der Waals surface area (Å²) in [5, 5.41) is 14.4. The van der Waals surface area contributed by atoms with Gasteiger partial charge in [-0.2, -0.15) is 0 Å². The van der Waals surface area contributed by atoms with Gasteiger partial charge in [-0.25, -0.2) is 14.6 Å². The fourth-order valence-electron chi connectivity index (χ4n) is 1.50. The number of carbonyl (C=O) groups is 2. The van der Waals surface area contributed by atoms with Crippen molar-refractivity contribution in [3.05, 3.63) is 11.1 Å². The third-order valence-corrected chi connectivity index (χ3v) is 3.32. The molecule has 7 heteroatoms. The molecule has 0 spiro atoms. The van der Waals surface area contributed by atoms with Crippen LogP contribution in [-0.2, 0) is 4.79 Å². The maximum absolute atomic E-state index is 11.5. The first-order chi connectivity index (χ1) is 8.06. The van der Waals surface area contributed by atoms with Gasteiger partial charge in [0.1, 0.15) is 6.04 Å². The van der Waals surface area contributed by atoms with Gasteiger partial charge in [-0.15, -0.1) is 11.3 Å². The molecule has 2 rings (SSSR count). The maximum atomic E-state index is 11.5. The molecule has 1 aromatic rings. The monoisotopic (exact) mass is 255 g/mol. The Morgan fingerprint density at radius 3 is 2.76 bits per heavy atom. The zero-order chi connectivity index (χ0) is 12.4. The van der Waals surface area contributed by atoms with Crippen LogP contribution >= 0.6 is 11.3 Å². The summed E-state index contributed by atoms with van der Waals surface area (Å²) in [6.07, 6.45) is 3.36. The first-order valence-electron chi connectivity index (χ1n) is 5.29. The SMILES string of the molecule is Cc1cnc(NC(=O)NC(C(=O)O)C2CC2)s1. The maximum Gasteiger partial charge on any atom is 0.326 e. The van der Waals surface area contributed by atoms with E-state index in [1.165, 1.54) is 11.3 Å². The molecule has 92 valence electrons. The van der Waals surface area contributed by atoms with Crippen LogP contribution in [0.3, 0.4) is 0 Å². The van der Waals surface area contributed by atoms with Crippen molar-refractivity contribution >= 4 is 28.5 Å². The molecule has 2 amide bonds. The van der Waals surface area contributed by atoms with E-state index >= 15 is 0 Å². The van der Waals surface area contributed by atoms with Crippen LogP contribution in [0.2, 0.25) is 0 Å². The molecule has 6 nitrogen and oxygen atoms in total. The average Bonchev–Trinajstić information content (AvgIpc) is 3.00. The smallest absolute Gasteiger partial charge is 0.326 e. The molecule has 0 aliphatic heterocycles. The molecule has 0 radical (unpaired) electrons. The molecule has 1 aliphatic rings. The predicted octanol–water partition coefficient (Wildman–Crippen LogP) is 1.44. The van der Waals surface area contributed by atoms with Gasteiger partial charge >= 0.3 is 12.0 Å². The van der Waals surface area contributed by atoms with Crippen LogP contribution in [0.1, 0.15) is 17.7 Å². The summed E-state index contributed by atoms with van der Waals surface area (Å²) in [5.74, 6) is -0.922. The van der Waals surface area contributed by atoms with E-state index in [0.29, 0.717) is 5.13 Å². The third kappa shape index (κ3) is 3.16. The predicted molar refractivity (Wildman–Crippen MR) is 63.2 cm³/mol. The molecule has 1 aromatic heterocycles. The van der Waals surface area contributed by atoms with E-state index in [1.54, 1.807) is 6.20 Å². The summed E-state index contributed by atoms with van der Waals surface area (Å²) >= 11 is 1.35. The van der Waals surface area contributed by atoms with E-state index in [2.05, 4.69) is 15.6 Å². The zero-order valence-electron chi connectivity index (χ0n) is 9.27. The third-order valence-electron chi connectivity index (χ3n) is 2.49. The van der Waals surface area contributed by atoms with Gasteiger partial charge in [0, 0.05) is 11.1 Å². The Bertz CT molecular complexity index is 442. The lowest BCUT2D eigenvalue weighted by molar-refractivity contribution is -0.139. The van der Waals surface area contributed by atoms with E-state index in [0.717, 1.165) is 17.7 Å². The van der Waals surface area contributed by atoms with E-state index < -0.39 is 18.0 Å². The fourth-order valence-corrected chi connectivity index (χ4v) is 2.16. The highest BCUT2D eigenvalue weighted by Crippen LogP contribution is 2.32. The van der Waals surface area contributed by atoms with Gasteiger partial charge in [-0.1, -0.05) is 0 Å². The molecule has 1 unspecified atom stereocenters. The van der Waals surface area contributed by atoms with Crippen LogP contribution < -0.4 is 10.6 Å². The van der Waals surface area contributed by atoms with Gasteiger partial charge in [-0.05, 0) is 25.7 Å². The summed E-state index contributed by atoms with van der Waals surface area (Å²) < 4.78 is 0. The highest BCUT2D eigenvalue weighted by Gasteiger charge is 2.37. The number of aliphatic carboxylic acids is 1. The molecule has 1 heterocycles. The number of nitrogens with one attached hydrogen (secondary N) is 2. The first-order valence-corrected chi connectivity index (χ1v) is 6.10. The lowest BCUT2D eigenvalue weighted by Crippen LogP contribution is -2.44. The number of anilines is 1. The summed E-state index contributed by atoms with van der Waals surface area (Å²) in [6, 6.07) is -1.31. The lowest BCUT2D eigenvalue weighted by Gasteiger charge is -2.13. The number of hydrogen-bond acceptors (Lipinski definition) is 4. The minimum Gasteiger partial charge on any atom is -0.480 e. The number of carbonyl (C=O) groups excluding carboxylic acids is 1. The van der Waals surface area contributed by atoms with E-state index in [-0.39, 0.29) is 5.92 Å². The number of carboxylic acids is 1. The number of rotatable bonds is 4. The molecular formula is C10H13N3O3S. The molecule has 3 N–H and O–H groups in total. The van der Waals surface area contributed by atoms with Crippen molar-refractivity contribution in [2.24, 2.45) is 5.92 Å². The highest BCUT2D eigenvalue weighted by atomic mass is 32.1. The molecule has 17 heavy (non-hydrogen) atoms. The first kappa shape index (κ1) is 11.8. The Kier molecular flexibility index (Phi) is 3.28. The molecule has 1 fully saturated rings. The van der Waals surface area contributed by atoms with E-state index in [1.807, 2.05) is 6.92 Å². The van der Waals surface area contributed by atoms with Crippen LogP contribution in [-0.4, -0.2) is 28.1 Å². The van der Waals surface area contributed by atoms with Gasteiger partial charge in [-0.3, -0.25) is 5.32 Å². The average molecular weight is 255 g/mol. The second-order valence-corrected chi connectivity index (χ2v) is 5.26. The normalized spacial score (nSPS) is 16.3. The van der Waals surface area contributed by atoms with Gasteiger partial charge in [0.2, 0.25) is 0 Å². The number of aryl methyl sites for hydroxylation is 1. The lowest BCUT2D eigenvalue weighted by atomic mass is 10.2. The summed E-state index contributed by atoms with van der Waals surface area (Å²) in [7, 11) is 0. The summed E-state index contributed by atoms with van der Waals surface area (Å²) in [5.41, 5.74) is 0. The molecule has 0 saturated heterocycles. The Morgan fingerprint density at radius 1 is 1.59 bits per heavy atom. The topological polar surface area (TPSA) is 91.3 Å². The molecule has 1 saturated carbocycles. The number of carboxylic acid groups (broad SMARTS) is 1. The number of urea groups is 1. The molecule has 1 atom stereocenters. The van der Waals surface area contributed by atoms with Gasteiger partial charge in [0.05, 0.1) is 0 Å². The van der Waals surface area contributed by atoms with Gasteiger partial charge in [0.25, 0.3) is 0 Å². The standard InChI is InChI=1S/C10H13N3O3S/c1-5-4-11-10(17-5)13-9(16)12-7(8(14)15)6-2-3-6/h4,6-7H,2-3H2,1H3,(H,14,15)(H2,11,12,13,16). The van der Waals surface area contributed by atoms with Crippen LogP contribution in [0.5, 0.6) is 0 Å². The van der Waals surface area contributed by atoms with Crippen LogP contribution in [0, 0.1) is 12.8 Å². The largest absolute Gasteiger partial charge is 0.480 e. The number of aromatic nitrogens is 1. The van der Waals surface area contributed by atoms with Crippen LogP contribution in [0.4, 0.5) is 9.93 Å². The molecule has 1 aliphatic carbocycles. The Hall–Kier alpha value is -1.63. The summed E-state index contributed by atoms with van der Waals surface area (Å²) in [6.45, 7) is 1.88. The second kappa shape index (κ2) is 4.70. The Labute approximate surface area is 102 Å². The van der Waals surface area contributed by atoms with Crippen molar-refractivity contribution in [1.29, 1.82) is 0 Å². The molecule has 0 bridgehead atoms. The van der Waals surface area contributed by atoms with Crippen molar-refractivity contribution in [3.8, 4) is 0 Å². The Morgan fingerprint density at radius 2 is 2.29 bits per heavy atom. The van der Waals surface area contributed by atoms with Crippen molar-refractivity contribution < 1.29 is 14.7 Å². The quantitative estimate of drug-likeness (QED) is 0.759. The van der Waals surface area contributed by atoms with E-state index in [4.69, 9.17) is 5.11 Å². The van der Waals surface area contributed by atoms with Gasteiger partial charge < -0.3 is 10.4 Å². The molecular weight excluding hydrogens is 242 g/mol. The Balaban J connectivity index is 1.89. The van der Waals surface area contributed by atoms with Crippen molar-refractivity contribution in [2.75, 3.05) is 5.32 Å². The molecule has 0 aromatic carbocycles. The van der Waals surface area contributed by atoms with Crippen LogP contribution in [0.15, 0.2) is 6.20 Å². The zero-order valence-corrected chi connectivity index (χ0v) is 10.1. The van der Waals surface area contributed by atoms with Crippen LogP contribution in [0.25, 0.3) is 0 Å².